The standard InChI is InChI=1S/C23H20O/c1-16-8-12-19(13-9-16)23(20-14-10-17(2)11-15-20)22-7-5-4-6-21(22)18(3)24-23/h4-15H,3H2,1-2H3. The first-order valence-corrected chi connectivity index (χ1v) is 8.23. The van der Waals surface area contributed by atoms with Crippen molar-refractivity contribution in [3.05, 3.63) is 113 Å². The van der Waals surface area contributed by atoms with Crippen LogP contribution in [0.15, 0.2) is 79.4 Å². The van der Waals surface area contributed by atoms with E-state index in [4.69, 9.17) is 4.74 Å². The van der Waals surface area contributed by atoms with E-state index in [1.54, 1.807) is 0 Å². The number of aryl methyl sites for hydroxylation is 2. The first-order valence-electron chi connectivity index (χ1n) is 8.23. The zero-order valence-corrected chi connectivity index (χ0v) is 14.0. The number of ether oxygens (including phenoxy) is 1. The molecule has 0 fully saturated rings. The predicted molar refractivity (Wildman–Crippen MR) is 98.8 cm³/mol. The summed E-state index contributed by atoms with van der Waals surface area (Å²) in [6.07, 6.45) is 0. The summed E-state index contributed by atoms with van der Waals surface area (Å²) in [5.74, 6) is 0.728. The minimum Gasteiger partial charge on any atom is -0.473 e. The van der Waals surface area contributed by atoms with Crippen LogP contribution in [0.3, 0.4) is 0 Å². The van der Waals surface area contributed by atoms with Gasteiger partial charge in [0.2, 0.25) is 0 Å². The van der Waals surface area contributed by atoms with Gasteiger partial charge in [0.1, 0.15) is 5.76 Å². The highest BCUT2D eigenvalue weighted by Gasteiger charge is 2.45. The largest absolute Gasteiger partial charge is 0.473 e. The monoisotopic (exact) mass is 312 g/mol. The topological polar surface area (TPSA) is 9.23 Å². The first-order chi connectivity index (χ1) is 11.6. The van der Waals surface area contributed by atoms with Crippen molar-refractivity contribution >= 4 is 5.76 Å². The molecule has 1 aliphatic rings. The summed E-state index contributed by atoms with van der Waals surface area (Å²) in [5, 5.41) is 0. The van der Waals surface area contributed by atoms with Crippen LogP contribution in [-0.2, 0) is 10.3 Å². The Morgan fingerprint density at radius 2 is 1.21 bits per heavy atom. The van der Waals surface area contributed by atoms with E-state index in [1.165, 1.54) is 11.1 Å². The molecular weight excluding hydrogens is 292 g/mol. The third-order valence-corrected chi connectivity index (χ3v) is 4.80. The van der Waals surface area contributed by atoms with E-state index in [0.717, 1.165) is 28.0 Å². The fraction of sp³-hybridized carbons (Fsp3) is 0.130. The molecule has 0 atom stereocenters. The van der Waals surface area contributed by atoms with Crippen molar-refractivity contribution in [2.45, 2.75) is 19.4 Å². The summed E-state index contributed by atoms with van der Waals surface area (Å²) in [6, 6.07) is 25.5. The zero-order valence-electron chi connectivity index (χ0n) is 14.0. The molecule has 24 heavy (non-hydrogen) atoms. The van der Waals surface area contributed by atoms with E-state index in [2.05, 4.69) is 87.2 Å². The third kappa shape index (κ3) is 2.09. The molecule has 0 unspecified atom stereocenters. The Labute approximate surface area is 143 Å². The van der Waals surface area contributed by atoms with Crippen molar-refractivity contribution in [1.82, 2.24) is 0 Å². The van der Waals surface area contributed by atoms with Crippen molar-refractivity contribution < 1.29 is 4.74 Å². The lowest BCUT2D eigenvalue weighted by molar-refractivity contribution is 0.139. The third-order valence-electron chi connectivity index (χ3n) is 4.80. The summed E-state index contributed by atoms with van der Waals surface area (Å²) < 4.78 is 6.48. The molecule has 3 aromatic rings. The first kappa shape index (κ1) is 14.8. The molecule has 0 amide bonds. The number of benzene rings is 3. The Hall–Kier alpha value is -2.80. The average Bonchev–Trinajstić information content (AvgIpc) is 2.91. The second kappa shape index (κ2) is 5.38. The normalized spacial score (nSPS) is 15.0. The van der Waals surface area contributed by atoms with Crippen LogP contribution in [0.25, 0.3) is 5.76 Å². The highest BCUT2D eigenvalue weighted by molar-refractivity contribution is 5.72. The molecule has 0 saturated carbocycles. The molecular formula is C23H20O. The van der Waals surface area contributed by atoms with Crippen molar-refractivity contribution in [3.8, 4) is 0 Å². The molecule has 1 heteroatoms. The van der Waals surface area contributed by atoms with E-state index in [-0.39, 0.29) is 0 Å². The number of hydrogen-bond acceptors (Lipinski definition) is 1. The number of hydrogen-bond donors (Lipinski definition) is 0. The second-order valence-electron chi connectivity index (χ2n) is 6.48. The van der Waals surface area contributed by atoms with Crippen molar-refractivity contribution in [2.75, 3.05) is 0 Å². The molecule has 0 bridgehead atoms. The van der Waals surface area contributed by atoms with Gasteiger partial charge in [-0.25, -0.2) is 0 Å². The Balaban J connectivity index is 2.03. The van der Waals surface area contributed by atoms with E-state index < -0.39 is 5.60 Å². The van der Waals surface area contributed by atoms with Crippen LogP contribution in [-0.4, -0.2) is 0 Å². The van der Waals surface area contributed by atoms with Crippen molar-refractivity contribution in [2.24, 2.45) is 0 Å². The highest BCUT2D eigenvalue weighted by Crippen LogP contribution is 2.50. The van der Waals surface area contributed by atoms with Gasteiger partial charge in [0.25, 0.3) is 0 Å². The fourth-order valence-corrected chi connectivity index (χ4v) is 3.50. The molecule has 0 saturated heterocycles. The Morgan fingerprint density at radius 1 is 0.708 bits per heavy atom. The molecule has 1 nitrogen and oxygen atoms in total. The quantitative estimate of drug-likeness (QED) is 0.599. The maximum atomic E-state index is 6.48. The van der Waals surface area contributed by atoms with Crippen LogP contribution in [0.1, 0.15) is 33.4 Å². The molecule has 0 radical (unpaired) electrons. The van der Waals surface area contributed by atoms with Gasteiger partial charge >= 0.3 is 0 Å². The van der Waals surface area contributed by atoms with Crippen LogP contribution >= 0.6 is 0 Å². The minimum absolute atomic E-state index is 0.630. The van der Waals surface area contributed by atoms with Gasteiger partial charge in [0, 0.05) is 22.3 Å². The van der Waals surface area contributed by atoms with E-state index in [0.29, 0.717) is 0 Å². The van der Waals surface area contributed by atoms with Crippen LogP contribution < -0.4 is 0 Å². The lowest BCUT2D eigenvalue weighted by atomic mass is 9.79. The molecule has 0 aromatic heterocycles. The van der Waals surface area contributed by atoms with Crippen LogP contribution in [0, 0.1) is 13.8 Å². The maximum absolute atomic E-state index is 6.48. The second-order valence-corrected chi connectivity index (χ2v) is 6.48. The molecule has 118 valence electrons. The van der Waals surface area contributed by atoms with E-state index in [9.17, 15) is 0 Å². The van der Waals surface area contributed by atoms with Gasteiger partial charge in [0.15, 0.2) is 5.60 Å². The molecule has 0 spiro atoms. The average molecular weight is 312 g/mol. The molecule has 1 aliphatic heterocycles. The van der Waals surface area contributed by atoms with E-state index in [1.807, 2.05) is 6.07 Å². The lowest BCUT2D eigenvalue weighted by Crippen LogP contribution is -2.28. The van der Waals surface area contributed by atoms with Gasteiger partial charge in [-0.2, -0.15) is 0 Å². The number of rotatable bonds is 2. The Morgan fingerprint density at radius 3 is 1.75 bits per heavy atom. The summed E-state index contributed by atoms with van der Waals surface area (Å²) >= 11 is 0. The molecule has 0 N–H and O–H groups in total. The highest BCUT2D eigenvalue weighted by atomic mass is 16.5. The fourth-order valence-electron chi connectivity index (χ4n) is 3.50. The van der Waals surface area contributed by atoms with Crippen molar-refractivity contribution in [3.63, 3.8) is 0 Å². The van der Waals surface area contributed by atoms with Gasteiger partial charge in [-0.05, 0) is 13.8 Å². The van der Waals surface area contributed by atoms with Gasteiger partial charge in [0.05, 0.1) is 0 Å². The predicted octanol–water partition coefficient (Wildman–Crippen LogP) is 5.60. The number of fused-ring (bicyclic) bond motifs is 1. The molecule has 1 heterocycles. The molecule has 3 aromatic carbocycles. The SMILES string of the molecule is C=C1OC(c2ccc(C)cc2)(c2ccc(C)cc2)c2ccccc21. The zero-order chi connectivity index (χ0) is 16.7. The van der Waals surface area contributed by atoms with Gasteiger partial charge < -0.3 is 4.74 Å². The minimum atomic E-state index is -0.630. The maximum Gasteiger partial charge on any atom is 0.185 e. The summed E-state index contributed by atoms with van der Waals surface area (Å²) in [7, 11) is 0. The van der Waals surface area contributed by atoms with Gasteiger partial charge in [-0.15, -0.1) is 0 Å². The Bertz CT molecular complexity index is 856. The summed E-state index contributed by atoms with van der Waals surface area (Å²) in [4.78, 5) is 0. The van der Waals surface area contributed by atoms with Crippen LogP contribution in [0.4, 0.5) is 0 Å². The Kier molecular flexibility index (Phi) is 3.31. The van der Waals surface area contributed by atoms with Gasteiger partial charge in [-0.3, -0.25) is 0 Å². The molecule has 4 rings (SSSR count). The van der Waals surface area contributed by atoms with Crippen molar-refractivity contribution in [1.29, 1.82) is 0 Å². The van der Waals surface area contributed by atoms with Gasteiger partial charge in [-0.1, -0.05) is 90.5 Å². The molecule has 0 aliphatic carbocycles. The smallest absolute Gasteiger partial charge is 0.185 e. The van der Waals surface area contributed by atoms with Crippen LogP contribution in [0.5, 0.6) is 0 Å². The van der Waals surface area contributed by atoms with E-state index >= 15 is 0 Å². The summed E-state index contributed by atoms with van der Waals surface area (Å²) in [5.41, 5.74) is 6.34. The lowest BCUT2D eigenvalue weighted by Gasteiger charge is -2.31. The summed E-state index contributed by atoms with van der Waals surface area (Å²) in [6.45, 7) is 8.36. The van der Waals surface area contributed by atoms with Crippen LogP contribution in [0.2, 0.25) is 0 Å².